The minimum atomic E-state index is 0.940. The van der Waals surface area contributed by atoms with Crippen LogP contribution < -0.4 is 5.43 Å². The molecule has 0 unspecified atom stereocenters. The normalized spacial score (nSPS) is 9.82. The standard InChI is InChI=1S/C8H7N2O/c11-7-10-9-6-8-4-2-1-3-5-8/h1-6H,(H,10,11). The van der Waals surface area contributed by atoms with E-state index < -0.39 is 0 Å². The summed E-state index contributed by atoms with van der Waals surface area (Å²) in [4.78, 5) is 9.65. The van der Waals surface area contributed by atoms with Gasteiger partial charge in [0.2, 0.25) is 0 Å². The molecule has 0 aromatic heterocycles. The molecule has 1 radical (unpaired) electrons. The lowest BCUT2D eigenvalue weighted by Gasteiger charge is -1.88. The van der Waals surface area contributed by atoms with Crippen LogP contribution in [0.4, 0.5) is 0 Å². The minimum Gasteiger partial charge on any atom is -0.262 e. The van der Waals surface area contributed by atoms with Crippen LogP contribution in [0.5, 0.6) is 0 Å². The molecule has 11 heavy (non-hydrogen) atoms. The van der Waals surface area contributed by atoms with Gasteiger partial charge in [0.25, 0.3) is 0 Å². The molecule has 0 bridgehead atoms. The molecule has 0 aliphatic carbocycles. The van der Waals surface area contributed by atoms with Crippen LogP contribution in [0.3, 0.4) is 0 Å². The van der Waals surface area contributed by atoms with E-state index in [1.165, 1.54) is 6.41 Å². The molecule has 0 heterocycles. The Labute approximate surface area is 64.7 Å². The van der Waals surface area contributed by atoms with Gasteiger partial charge in [-0.15, -0.1) is 0 Å². The van der Waals surface area contributed by atoms with Gasteiger partial charge in [0, 0.05) is 0 Å². The third-order valence-electron chi connectivity index (χ3n) is 1.12. The molecule has 1 N–H and O–H groups in total. The number of amides is 1. The zero-order valence-corrected chi connectivity index (χ0v) is 5.82. The first-order chi connectivity index (χ1) is 5.43. The van der Waals surface area contributed by atoms with Gasteiger partial charge in [-0.05, 0) is 5.56 Å². The van der Waals surface area contributed by atoms with Gasteiger partial charge in [0.15, 0.2) is 0 Å². The Balaban J connectivity index is 2.57. The van der Waals surface area contributed by atoms with E-state index in [1.54, 1.807) is 6.21 Å². The van der Waals surface area contributed by atoms with Gasteiger partial charge in [-0.2, -0.15) is 5.10 Å². The molecule has 0 spiro atoms. The number of nitrogens with one attached hydrogen (secondary N) is 1. The quantitative estimate of drug-likeness (QED) is 0.381. The van der Waals surface area contributed by atoms with Gasteiger partial charge >= 0.3 is 6.41 Å². The fourth-order valence-electron chi connectivity index (χ4n) is 0.672. The molecule has 0 atom stereocenters. The summed E-state index contributed by atoms with van der Waals surface area (Å²) in [6.07, 6.45) is 2.99. The third kappa shape index (κ3) is 2.62. The monoisotopic (exact) mass is 147 g/mol. The summed E-state index contributed by atoms with van der Waals surface area (Å²) in [5.74, 6) is 0. The highest BCUT2D eigenvalue weighted by atomic mass is 16.1. The van der Waals surface area contributed by atoms with Gasteiger partial charge in [0.1, 0.15) is 0 Å². The molecule has 0 aliphatic heterocycles. The smallest absolute Gasteiger partial charge is 0.262 e. The number of benzene rings is 1. The summed E-state index contributed by atoms with van der Waals surface area (Å²) in [5, 5.41) is 3.56. The Morgan fingerprint density at radius 2 is 2.09 bits per heavy atom. The molecule has 3 nitrogen and oxygen atoms in total. The fraction of sp³-hybridized carbons (Fsp3) is 0. The van der Waals surface area contributed by atoms with Crippen molar-refractivity contribution in [3.63, 3.8) is 0 Å². The van der Waals surface area contributed by atoms with E-state index in [4.69, 9.17) is 0 Å². The van der Waals surface area contributed by atoms with Crippen LogP contribution in [0, 0.1) is 0 Å². The van der Waals surface area contributed by atoms with Gasteiger partial charge in [-0.25, -0.2) is 5.43 Å². The lowest BCUT2D eigenvalue weighted by molar-refractivity contribution is 0.545. The van der Waals surface area contributed by atoms with E-state index in [0.717, 1.165) is 5.56 Å². The van der Waals surface area contributed by atoms with Crippen molar-refractivity contribution in [3.8, 4) is 0 Å². The van der Waals surface area contributed by atoms with Gasteiger partial charge < -0.3 is 0 Å². The second-order valence-electron chi connectivity index (χ2n) is 1.88. The highest BCUT2D eigenvalue weighted by Gasteiger charge is 1.81. The highest BCUT2D eigenvalue weighted by molar-refractivity contribution is 5.79. The average Bonchev–Trinajstić information content (AvgIpc) is 2.07. The highest BCUT2D eigenvalue weighted by Crippen LogP contribution is 1.92. The molecule has 3 heteroatoms. The van der Waals surface area contributed by atoms with Crippen molar-refractivity contribution in [2.45, 2.75) is 0 Å². The van der Waals surface area contributed by atoms with Crippen molar-refractivity contribution in [3.05, 3.63) is 35.9 Å². The topological polar surface area (TPSA) is 41.5 Å². The lowest BCUT2D eigenvalue weighted by Crippen LogP contribution is -2.00. The summed E-state index contributed by atoms with van der Waals surface area (Å²) in [6, 6.07) is 9.47. The van der Waals surface area contributed by atoms with E-state index in [1.807, 2.05) is 30.3 Å². The largest absolute Gasteiger partial charge is 0.331 e. The zero-order chi connectivity index (χ0) is 7.94. The maximum atomic E-state index is 9.65. The van der Waals surface area contributed by atoms with E-state index in [0.29, 0.717) is 0 Å². The first kappa shape index (κ1) is 7.47. The van der Waals surface area contributed by atoms with Crippen molar-refractivity contribution in [2.75, 3.05) is 0 Å². The molecule has 55 valence electrons. The molecule has 0 fully saturated rings. The maximum Gasteiger partial charge on any atom is 0.331 e. The summed E-state index contributed by atoms with van der Waals surface area (Å²) >= 11 is 0. The predicted octanol–water partition coefficient (Wildman–Crippen LogP) is 0.677. The maximum absolute atomic E-state index is 9.65. The summed E-state index contributed by atoms with van der Waals surface area (Å²) < 4.78 is 0. The van der Waals surface area contributed by atoms with Crippen molar-refractivity contribution in [1.82, 2.24) is 5.43 Å². The van der Waals surface area contributed by atoms with Crippen molar-refractivity contribution in [1.29, 1.82) is 0 Å². The number of rotatable bonds is 3. The van der Waals surface area contributed by atoms with Gasteiger partial charge in [-0.1, -0.05) is 30.3 Å². The van der Waals surface area contributed by atoms with Crippen LogP contribution >= 0.6 is 0 Å². The predicted molar refractivity (Wildman–Crippen MR) is 42.9 cm³/mol. The zero-order valence-electron chi connectivity index (χ0n) is 5.82. The summed E-state index contributed by atoms with van der Waals surface area (Å²) in [6.45, 7) is 0. The molecule has 0 aliphatic rings. The van der Waals surface area contributed by atoms with Crippen LogP contribution in [0.2, 0.25) is 0 Å². The van der Waals surface area contributed by atoms with E-state index in [-0.39, 0.29) is 0 Å². The van der Waals surface area contributed by atoms with Crippen LogP contribution in [0.15, 0.2) is 35.4 Å². The molecule has 1 aromatic carbocycles. The number of hydrogen-bond acceptors (Lipinski definition) is 2. The second kappa shape index (κ2) is 4.22. The van der Waals surface area contributed by atoms with Gasteiger partial charge in [-0.3, -0.25) is 4.79 Å². The molecule has 1 aromatic rings. The molecule has 1 amide bonds. The Morgan fingerprint density at radius 1 is 1.36 bits per heavy atom. The van der Waals surface area contributed by atoms with Crippen LogP contribution in [0.25, 0.3) is 0 Å². The average molecular weight is 147 g/mol. The van der Waals surface area contributed by atoms with Gasteiger partial charge in [0.05, 0.1) is 6.21 Å². The Hall–Kier alpha value is -1.64. The van der Waals surface area contributed by atoms with Crippen LogP contribution in [0.1, 0.15) is 5.56 Å². The first-order valence-electron chi connectivity index (χ1n) is 3.14. The summed E-state index contributed by atoms with van der Waals surface area (Å²) in [5.41, 5.74) is 3.00. The van der Waals surface area contributed by atoms with E-state index in [2.05, 4.69) is 10.5 Å². The molecular weight excluding hydrogens is 140 g/mol. The lowest BCUT2D eigenvalue weighted by atomic mass is 10.2. The van der Waals surface area contributed by atoms with Crippen molar-refractivity contribution < 1.29 is 4.79 Å². The number of hydrogen-bond donors (Lipinski definition) is 1. The van der Waals surface area contributed by atoms with Crippen molar-refractivity contribution in [2.24, 2.45) is 5.10 Å². The first-order valence-corrected chi connectivity index (χ1v) is 3.14. The Bertz CT molecular complexity index is 244. The SMILES string of the molecule is O=[C]NN=Cc1ccccc1. The van der Waals surface area contributed by atoms with E-state index in [9.17, 15) is 4.79 Å². The fourth-order valence-corrected chi connectivity index (χ4v) is 0.672. The van der Waals surface area contributed by atoms with E-state index >= 15 is 0 Å². The summed E-state index contributed by atoms with van der Waals surface area (Å²) in [7, 11) is 0. The van der Waals surface area contributed by atoms with Crippen LogP contribution in [-0.4, -0.2) is 12.6 Å². The van der Waals surface area contributed by atoms with Crippen molar-refractivity contribution >= 4 is 12.6 Å². The number of hydrazone groups is 1. The molecule has 1 rings (SSSR count). The Kier molecular flexibility index (Phi) is 2.86. The number of nitrogens with zero attached hydrogens (tertiary/aromatic N) is 1. The third-order valence-corrected chi connectivity index (χ3v) is 1.12. The minimum absolute atomic E-state index is 0.940. The number of carbonyl (C=O) groups excluding carboxylic acids is 1. The second-order valence-corrected chi connectivity index (χ2v) is 1.88. The molecule has 0 saturated heterocycles. The Morgan fingerprint density at radius 3 is 2.73 bits per heavy atom. The molecule has 0 saturated carbocycles. The molecular formula is C8H7N2O. The van der Waals surface area contributed by atoms with Crippen LogP contribution in [-0.2, 0) is 4.79 Å².